The second-order valence-electron chi connectivity index (χ2n) is 6.76. The third kappa shape index (κ3) is 4.59. The summed E-state index contributed by atoms with van der Waals surface area (Å²) in [5.74, 6) is -1.33. The molecule has 25 heavy (non-hydrogen) atoms. The van der Waals surface area contributed by atoms with Crippen molar-refractivity contribution in [1.29, 1.82) is 0 Å². The third-order valence-electron chi connectivity index (χ3n) is 4.86. The van der Waals surface area contributed by atoms with Gasteiger partial charge in [0.2, 0.25) is 5.91 Å². The van der Waals surface area contributed by atoms with Crippen LogP contribution in [0.15, 0.2) is 18.2 Å². The molecule has 1 aromatic carbocycles. The first kappa shape index (κ1) is 19.0. The SMILES string of the molecule is CCNC(=O)c1ccc(NC(=O)CC2(C(=O)O)CCCCC2)c(C)c1. The van der Waals surface area contributed by atoms with E-state index in [1.807, 2.05) is 13.8 Å². The fraction of sp³-hybridized carbons (Fsp3) is 0.526. The fourth-order valence-corrected chi connectivity index (χ4v) is 3.40. The van der Waals surface area contributed by atoms with E-state index in [2.05, 4.69) is 10.6 Å². The molecule has 0 bridgehead atoms. The zero-order valence-electron chi connectivity index (χ0n) is 14.9. The zero-order valence-corrected chi connectivity index (χ0v) is 14.9. The number of benzene rings is 1. The number of nitrogens with one attached hydrogen (secondary N) is 2. The lowest BCUT2D eigenvalue weighted by atomic mass is 9.71. The average Bonchev–Trinajstić information content (AvgIpc) is 2.57. The van der Waals surface area contributed by atoms with Crippen LogP contribution in [0.2, 0.25) is 0 Å². The molecule has 0 spiro atoms. The summed E-state index contributed by atoms with van der Waals surface area (Å²) in [7, 11) is 0. The molecule has 136 valence electrons. The molecule has 1 aromatic rings. The number of carbonyl (C=O) groups is 3. The Morgan fingerprint density at radius 1 is 1.16 bits per heavy atom. The van der Waals surface area contributed by atoms with E-state index in [4.69, 9.17) is 0 Å². The molecule has 0 unspecified atom stereocenters. The van der Waals surface area contributed by atoms with E-state index in [1.165, 1.54) is 0 Å². The van der Waals surface area contributed by atoms with E-state index in [1.54, 1.807) is 18.2 Å². The fourth-order valence-electron chi connectivity index (χ4n) is 3.40. The number of aryl methyl sites for hydroxylation is 1. The van der Waals surface area contributed by atoms with Crippen LogP contribution in [0.1, 0.15) is 61.4 Å². The van der Waals surface area contributed by atoms with Crippen molar-refractivity contribution in [3.63, 3.8) is 0 Å². The number of carboxylic acid groups (broad SMARTS) is 1. The Balaban J connectivity index is 2.07. The van der Waals surface area contributed by atoms with Gasteiger partial charge in [0.1, 0.15) is 0 Å². The van der Waals surface area contributed by atoms with Crippen LogP contribution in [0.4, 0.5) is 5.69 Å². The second kappa shape index (κ2) is 8.14. The van der Waals surface area contributed by atoms with E-state index in [0.717, 1.165) is 24.8 Å². The molecule has 0 aliphatic heterocycles. The largest absolute Gasteiger partial charge is 0.481 e. The van der Waals surface area contributed by atoms with Gasteiger partial charge in [0.25, 0.3) is 5.91 Å². The van der Waals surface area contributed by atoms with Crippen molar-refractivity contribution in [1.82, 2.24) is 5.32 Å². The smallest absolute Gasteiger partial charge is 0.310 e. The van der Waals surface area contributed by atoms with Crippen LogP contribution in [0.3, 0.4) is 0 Å². The molecule has 1 fully saturated rings. The standard InChI is InChI=1S/C19H26N2O4/c1-3-20-17(23)14-7-8-15(13(2)11-14)21-16(22)12-19(18(24)25)9-5-4-6-10-19/h7-8,11H,3-6,9-10,12H2,1-2H3,(H,20,23)(H,21,22)(H,24,25). The molecule has 0 radical (unpaired) electrons. The molecule has 0 aromatic heterocycles. The first-order valence-corrected chi connectivity index (χ1v) is 8.80. The van der Waals surface area contributed by atoms with Crippen molar-refractivity contribution in [2.45, 2.75) is 52.4 Å². The van der Waals surface area contributed by atoms with Gasteiger partial charge in [-0.05, 0) is 50.5 Å². The van der Waals surface area contributed by atoms with Gasteiger partial charge in [-0.3, -0.25) is 14.4 Å². The van der Waals surface area contributed by atoms with Crippen LogP contribution in [-0.4, -0.2) is 29.4 Å². The highest BCUT2D eigenvalue weighted by atomic mass is 16.4. The van der Waals surface area contributed by atoms with E-state index in [9.17, 15) is 19.5 Å². The number of anilines is 1. The number of rotatable bonds is 6. The summed E-state index contributed by atoms with van der Waals surface area (Å²) < 4.78 is 0. The number of carboxylic acids is 1. The lowest BCUT2D eigenvalue weighted by molar-refractivity contribution is -0.153. The summed E-state index contributed by atoms with van der Waals surface area (Å²) in [6, 6.07) is 5.06. The maximum Gasteiger partial charge on any atom is 0.310 e. The highest BCUT2D eigenvalue weighted by Crippen LogP contribution is 2.39. The quantitative estimate of drug-likeness (QED) is 0.737. The first-order valence-electron chi connectivity index (χ1n) is 8.80. The number of carbonyl (C=O) groups excluding carboxylic acids is 2. The Hall–Kier alpha value is -2.37. The van der Waals surface area contributed by atoms with E-state index in [0.29, 0.717) is 30.6 Å². The van der Waals surface area contributed by atoms with Gasteiger partial charge in [-0.1, -0.05) is 19.3 Å². The molecule has 3 N–H and O–H groups in total. The van der Waals surface area contributed by atoms with Crippen LogP contribution in [-0.2, 0) is 9.59 Å². The van der Waals surface area contributed by atoms with Crippen LogP contribution in [0, 0.1) is 12.3 Å². The van der Waals surface area contributed by atoms with E-state index in [-0.39, 0.29) is 18.2 Å². The highest BCUT2D eigenvalue weighted by Gasteiger charge is 2.41. The molecule has 1 aliphatic carbocycles. The molecule has 0 saturated heterocycles. The molecule has 0 atom stereocenters. The van der Waals surface area contributed by atoms with Crippen LogP contribution < -0.4 is 10.6 Å². The lowest BCUT2D eigenvalue weighted by Crippen LogP contribution is -2.37. The Labute approximate surface area is 148 Å². The normalized spacial score (nSPS) is 16.1. The van der Waals surface area contributed by atoms with Crippen molar-refractivity contribution in [3.05, 3.63) is 29.3 Å². The number of hydrogen-bond acceptors (Lipinski definition) is 3. The minimum atomic E-state index is -0.947. The average molecular weight is 346 g/mol. The zero-order chi connectivity index (χ0) is 18.4. The summed E-state index contributed by atoms with van der Waals surface area (Å²) in [5, 5.41) is 15.1. The molecule has 2 rings (SSSR count). The molecule has 0 heterocycles. The Bertz CT molecular complexity index is 663. The molecular formula is C19H26N2O4. The second-order valence-corrected chi connectivity index (χ2v) is 6.76. The van der Waals surface area contributed by atoms with Crippen LogP contribution in [0.5, 0.6) is 0 Å². The number of amides is 2. The van der Waals surface area contributed by atoms with Gasteiger partial charge in [0.05, 0.1) is 5.41 Å². The van der Waals surface area contributed by atoms with Crippen molar-refractivity contribution in [3.8, 4) is 0 Å². The Morgan fingerprint density at radius 2 is 1.84 bits per heavy atom. The Kier molecular flexibility index (Phi) is 6.17. The number of hydrogen-bond donors (Lipinski definition) is 3. The Morgan fingerprint density at radius 3 is 2.40 bits per heavy atom. The molecule has 2 amide bonds. The van der Waals surface area contributed by atoms with Gasteiger partial charge in [0.15, 0.2) is 0 Å². The molecule has 1 saturated carbocycles. The number of aliphatic carboxylic acids is 1. The van der Waals surface area contributed by atoms with Gasteiger partial charge < -0.3 is 15.7 Å². The van der Waals surface area contributed by atoms with Crippen molar-refractivity contribution < 1.29 is 19.5 Å². The third-order valence-corrected chi connectivity index (χ3v) is 4.86. The maximum atomic E-state index is 12.4. The minimum absolute atomic E-state index is 0.0140. The summed E-state index contributed by atoms with van der Waals surface area (Å²) >= 11 is 0. The van der Waals surface area contributed by atoms with Gasteiger partial charge >= 0.3 is 5.97 Å². The van der Waals surface area contributed by atoms with Crippen molar-refractivity contribution >= 4 is 23.5 Å². The van der Waals surface area contributed by atoms with Gasteiger partial charge in [-0.15, -0.1) is 0 Å². The van der Waals surface area contributed by atoms with E-state index < -0.39 is 11.4 Å². The predicted molar refractivity (Wildman–Crippen MR) is 95.6 cm³/mol. The monoisotopic (exact) mass is 346 g/mol. The summed E-state index contributed by atoms with van der Waals surface area (Å²) in [6.07, 6.45) is 3.80. The summed E-state index contributed by atoms with van der Waals surface area (Å²) in [5.41, 5.74) is 0.961. The van der Waals surface area contributed by atoms with Crippen molar-refractivity contribution in [2.75, 3.05) is 11.9 Å². The summed E-state index contributed by atoms with van der Waals surface area (Å²) in [4.78, 5) is 35.9. The van der Waals surface area contributed by atoms with Gasteiger partial charge in [0, 0.05) is 24.2 Å². The molecule has 6 nitrogen and oxygen atoms in total. The predicted octanol–water partition coefficient (Wildman–Crippen LogP) is 3.11. The van der Waals surface area contributed by atoms with Crippen LogP contribution in [0.25, 0.3) is 0 Å². The maximum absolute atomic E-state index is 12.4. The summed E-state index contributed by atoms with van der Waals surface area (Å²) in [6.45, 7) is 4.21. The van der Waals surface area contributed by atoms with Crippen molar-refractivity contribution in [2.24, 2.45) is 5.41 Å². The van der Waals surface area contributed by atoms with Gasteiger partial charge in [-0.25, -0.2) is 0 Å². The minimum Gasteiger partial charge on any atom is -0.481 e. The first-order chi connectivity index (χ1) is 11.9. The van der Waals surface area contributed by atoms with Crippen LogP contribution >= 0.6 is 0 Å². The molecule has 6 heteroatoms. The van der Waals surface area contributed by atoms with Gasteiger partial charge in [-0.2, -0.15) is 0 Å². The molecule has 1 aliphatic rings. The van der Waals surface area contributed by atoms with E-state index >= 15 is 0 Å². The lowest BCUT2D eigenvalue weighted by Gasteiger charge is -2.32. The highest BCUT2D eigenvalue weighted by molar-refractivity contribution is 5.97. The topological polar surface area (TPSA) is 95.5 Å². The molecular weight excluding hydrogens is 320 g/mol.